The molecule has 0 fully saturated rings. The van der Waals surface area contributed by atoms with Crippen LogP contribution in [-0.2, 0) is 11.3 Å². The molecule has 2 heterocycles. The molecule has 2 rings (SSSR count). The van der Waals surface area contributed by atoms with Crippen molar-refractivity contribution < 1.29 is 15.2 Å². The maximum absolute atomic E-state index is 10.8. The molecule has 0 amide bonds. The van der Waals surface area contributed by atoms with Crippen LogP contribution in [0.5, 0.6) is 0 Å². The first-order chi connectivity index (χ1) is 8.75. The molecule has 1 atom stereocenters. The molecule has 0 aromatic carbocycles. The Labute approximate surface area is 109 Å². The third-order valence-corrected chi connectivity index (χ3v) is 3.69. The van der Waals surface area contributed by atoms with Crippen LogP contribution in [0.2, 0.25) is 0 Å². The molecule has 4 nitrogen and oxygen atoms in total. The van der Waals surface area contributed by atoms with E-state index in [4.69, 9.17) is 0 Å². The number of hydrogen-bond acceptors (Lipinski definition) is 4. The fourth-order valence-corrected chi connectivity index (χ4v) is 2.60. The summed E-state index contributed by atoms with van der Waals surface area (Å²) in [5.74, 6) is -1.01. The maximum Gasteiger partial charge on any atom is 0.126 e. The molecular weight excluding hydrogens is 248 g/mol. The Hall–Kier alpha value is -1.72. The Bertz CT molecular complexity index is 485. The van der Waals surface area contributed by atoms with Gasteiger partial charge in [0.2, 0.25) is 0 Å². The molecule has 0 aliphatic heterocycles. The number of aliphatic carboxylic acids is 1. The molecule has 0 bridgehead atoms. The van der Waals surface area contributed by atoms with Gasteiger partial charge in [-0.15, -0.1) is 11.3 Å². The number of pyridine rings is 1. The molecule has 2 aromatic rings. The third-order valence-electron chi connectivity index (χ3n) is 2.68. The molecule has 2 N–H and O–H groups in total. The van der Waals surface area contributed by atoms with Crippen LogP contribution in [-0.4, -0.2) is 11.0 Å². The van der Waals surface area contributed by atoms with E-state index in [1.54, 1.807) is 23.7 Å². The van der Waals surface area contributed by atoms with Gasteiger partial charge < -0.3 is 15.2 Å². The van der Waals surface area contributed by atoms with Crippen LogP contribution < -0.4 is 10.4 Å². The van der Waals surface area contributed by atoms with Crippen molar-refractivity contribution in [1.29, 1.82) is 0 Å². The number of rotatable bonds is 6. The van der Waals surface area contributed by atoms with E-state index in [0.717, 1.165) is 17.0 Å². The number of hydrogen-bond donors (Lipinski definition) is 1. The predicted molar refractivity (Wildman–Crippen MR) is 66.6 cm³/mol. The second-order valence-corrected chi connectivity index (χ2v) is 4.97. The number of quaternary nitrogens is 1. The highest BCUT2D eigenvalue weighted by Gasteiger charge is 2.16. The van der Waals surface area contributed by atoms with Crippen molar-refractivity contribution in [3.8, 4) is 0 Å². The van der Waals surface area contributed by atoms with E-state index in [-0.39, 0.29) is 12.5 Å². The molecule has 1 unspecified atom stereocenters. The summed E-state index contributed by atoms with van der Waals surface area (Å²) in [5.41, 5.74) is 1.13. The van der Waals surface area contributed by atoms with Gasteiger partial charge in [-0.3, -0.25) is 4.98 Å². The zero-order valence-electron chi connectivity index (χ0n) is 9.78. The van der Waals surface area contributed by atoms with Crippen LogP contribution in [0, 0.1) is 0 Å². The topological polar surface area (TPSA) is 69.6 Å². The summed E-state index contributed by atoms with van der Waals surface area (Å²) in [6.07, 6.45) is 3.51. The summed E-state index contributed by atoms with van der Waals surface area (Å²) in [4.78, 5) is 15.8. The van der Waals surface area contributed by atoms with Crippen molar-refractivity contribution >= 4 is 17.3 Å². The Kier molecular flexibility index (Phi) is 4.44. The van der Waals surface area contributed by atoms with Gasteiger partial charge in [-0.1, -0.05) is 6.07 Å². The van der Waals surface area contributed by atoms with E-state index >= 15 is 0 Å². The van der Waals surface area contributed by atoms with Crippen LogP contribution in [0.15, 0.2) is 42.0 Å². The minimum absolute atomic E-state index is 0.0333. The molecule has 94 valence electrons. The van der Waals surface area contributed by atoms with E-state index in [2.05, 4.69) is 4.98 Å². The monoisotopic (exact) mass is 262 g/mol. The lowest BCUT2D eigenvalue weighted by molar-refractivity contribution is -0.710. The minimum Gasteiger partial charge on any atom is -0.550 e. The lowest BCUT2D eigenvalue weighted by Gasteiger charge is -2.14. The number of carbonyl (C=O) groups is 1. The lowest BCUT2D eigenvalue weighted by Crippen LogP contribution is -2.84. The summed E-state index contributed by atoms with van der Waals surface area (Å²) in [5, 5.41) is 14.8. The van der Waals surface area contributed by atoms with Crippen molar-refractivity contribution in [2.45, 2.75) is 19.0 Å². The van der Waals surface area contributed by atoms with Crippen LogP contribution in [0.25, 0.3) is 0 Å². The minimum atomic E-state index is -1.01. The molecule has 0 saturated heterocycles. The number of aromatic nitrogens is 1. The van der Waals surface area contributed by atoms with Gasteiger partial charge >= 0.3 is 0 Å². The Morgan fingerprint density at radius 2 is 2.17 bits per heavy atom. The van der Waals surface area contributed by atoms with Gasteiger partial charge in [0.1, 0.15) is 12.6 Å². The summed E-state index contributed by atoms with van der Waals surface area (Å²) < 4.78 is 0. The first-order valence-corrected chi connectivity index (χ1v) is 6.59. The average Bonchev–Trinajstić information content (AvgIpc) is 2.89. The quantitative estimate of drug-likeness (QED) is 0.802. The summed E-state index contributed by atoms with van der Waals surface area (Å²) in [6.45, 7) is 0.734. The zero-order valence-corrected chi connectivity index (χ0v) is 10.6. The van der Waals surface area contributed by atoms with Crippen molar-refractivity contribution in [3.63, 3.8) is 0 Å². The van der Waals surface area contributed by atoms with E-state index in [0.29, 0.717) is 0 Å². The van der Waals surface area contributed by atoms with Crippen LogP contribution in [0.3, 0.4) is 0 Å². The Morgan fingerprint density at radius 1 is 1.39 bits per heavy atom. The van der Waals surface area contributed by atoms with Gasteiger partial charge in [0.05, 0.1) is 4.88 Å². The fourth-order valence-electron chi connectivity index (χ4n) is 1.78. The van der Waals surface area contributed by atoms with E-state index in [1.165, 1.54) is 0 Å². The van der Waals surface area contributed by atoms with Crippen molar-refractivity contribution in [3.05, 3.63) is 52.5 Å². The summed E-state index contributed by atoms with van der Waals surface area (Å²) >= 11 is 1.57. The molecule has 0 saturated carbocycles. The van der Waals surface area contributed by atoms with Crippen LogP contribution in [0.1, 0.15) is 22.9 Å². The second-order valence-electron chi connectivity index (χ2n) is 3.99. The average molecular weight is 262 g/mol. The SMILES string of the molecule is O=C([O-])CC([NH2+]Cc1ccncc1)c1cccs1. The number of nitrogens with zero attached hydrogens (tertiary/aromatic N) is 1. The maximum atomic E-state index is 10.8. The number of carboxylic acids is 1. The lowest BCUT2D eigenvalue weighted by atomic mass is 10.1. The van der Waals surface area contributed by atoms with Gasteiger partial charge in [-0.05, 0) is 23.6 Å². The van der Waals surface area contributed by atoms with Gasteiger partial charge in [0.25, 0.3) is 0 Å². The molecule has 0 spiro atoms. The molecule has 18 heavy (non-hydrogen) atoms. The van der Waals surface area contributed by atoms with E-state index in [9.17, 15) is 9.90 Å². The zero-order chi connectivity index (χ0) is 12.8. The Balaban J connectivity index is 2.00. The smallest absolute Gasteiger partial charge is 0.126 e. The summed E-state index contributed by atoms with van der Waals surface area (Å²) in [6, 6.07) is 7.68. The van der Waals surface area contributed by atoms with Gasteiger partial charge in [-0.2, -0.15) is 0 Å². The third kappa shape index (κ3) is 3.65. The van der Waals surface area contributed by atoms with Crippen molar-refractivity contribution in [1.82, 2.24) is 4.98 Å². The molecular formula is C13H14N2O2S. The van der Waals surface area contributed by atoms with Crippen molar-refractivity contribution in [2.75, 3.05) is 0 Å². The molecule has 2 aromatic heterocycles. The number of thiophene rings is 1. The number of nitrogens with two attached hydrogens (primary N) is 1. The Morgan fingerprint density at radius 3 is 2.78 bits per heavy atom. The molecule has 0 aliphatic carbocycles. The van der Waals surface area contributed by atoms with E-state index < -0.39 is 5.97 Å². The summed E-state index contributed by atoms with van der Waals surface area (Å²) in [7, 11) is 0. The number of carboxylic acid groups (broad SMARTS) is 1. The highest BCUT2D eigenvalue weighted by molar-refractivity contribution is 7.10. The highest BCUT2D eigenvalue weighted by Crippen LogP contribution is 2.18. The standard InChI is InChI=1S/C13H14N2O2S/c16-13(17)8-11(12-2-1-7-18-12)15-9-10-3-5-14-6-4-10/h1-7,11,15H,8-9H2,(H,16,17). The largest absolute Gasteiger partial charge is 0.550 e. The second kappa shape index (κ2) is 6.28. The highest BCUT2D eigenvalue weighted by atomic mass is 32.1. The van der Waals surface area contributed by atoms with Crippen molar-refractivity contribution in [2.24, 2.45) is 0 Å². The number of carbonyl (C=O) groups excluding carboxylic acids is 1. The first-order valence-electron chi connectivity index (χ1n) is 5.71. The molecule has 0 radical (unpaired) electrons. The first kappa shape index (κ1) is 12.7. The molecule has 0 aliphatic rings. The van der Waals surface area contributed by atoms with Crippen LogP contribution >= 0.6 is 11.3 Å². The fraction of sp³-hybridized carbons (Fsp3) is 0.231. The van der Waals surface area contributed by atoms with Gasteiger partial charge in [0.15, 0.2) is 0 Å². The predicted octanol–water partition coefficient (Wildman–Crippen LogP) is 0.0878. The van der Waals surface area contributed by atoms with Gasteiger partial charge in [-0.25, -0.2) is 0 Å². The van der Waals surface area contributed by atoms with Gasteiger partial charge in [0, 0.05) is 30.3 Å². The van der Waals surface area contributed by atoms with Crippen LogP contribution in [0.4, 0.5) is 0 Å². The van der Waals surface area contributed by atoms with E-state index in [1.807, 2.05) is 35.0 Å². The normalized spacial score (nSPS) is 12.2. The molecule has 5 heteroatoms.